The Labute approximate surface area is 136 Å². The Morgan fingerprint density at radius 2 is 2.13 bits per heavy atom. The molecule has 0 aliphatic heterocycles. The third kappa shape index (κ3) is 6.30. The summed E-state index contributed by atoms with van der Waals surface area (Å²) in [5, 5.41) is 3.16. The standard InChI is InChI=1S/C16H25F2N3O2/c1-5-6-9-21(3)16(19-2)20-11-12-7-8-13(22-4)10-14(12)23-15(17)18/h7-8,10,15H,5-6,9,11H2,1-4H3,(H,19,20). The van der Waals surface area contributed by atoms with Gasteiger partial charge in [-0.05, 0) is 18.6 Å². The first-order chi connectivity index (χ1) is 11.0. The summed E-state index contributed by atoms with van der Waals surface area (Å²) >= 11 is 0. The molecule has 0 fully saturated rings. The molecule has 0 aromatic heterocycles. The van der Waals surface area contributed by atoms with Gasteiger partial charge in [0, 0.05) is 38.8 Å². The summed E-state index contributed by atoms with van der Waals surface area (Å²) in [6.07, 6.45) is 2.14. The molecule has 1 N–H and O–H groups in total. The van der Waals surface area contributed by atoms with Crippen LogP contribution < -0.4 is 14.8 Å². The molecule has 1 aromatic carbocycles. The van der Waals surface area contributed by atoms with E-state index in [0.717, 1.165) is 19.4 Å². The maximum Gasteiger partial charge on any atom is 0.387 e. The molecule has 0 atom stereocenters. The number of nitrogens with zero attached hydrogens (tertiary/aromatic N) is 2. The van der Waals surface area contributed by atoms with Crippen LogP contribution in [0.3, 0.4) is 0 Å². The average Bonchev–Trinajstić information content (AvgIpc) is 2.53. The van der Waals surface area contributed by atoms with Gasteiger partial charge < -0.3 is 19.7 Å². The molecule has 0 spiro atoms. The number of alkyl halides is 2. The van der Waals surface area contributed by atoms with Crippen LogP contribution in [0.5, 0.6) is 11.5 Å². The van der Waals surface area contributed by atoms with Crippen LogP contribution in [0.15, 0.2) is 23.2 Å². The number of methoxy groups -OCH3 is 1. The van der Waals surface area contributed by atoms with Crippen molar-refractivity contribution in [2.45, 2.75) is 32.9 Å². The molecule has 130 valence electrons. The van der Waals surface area contributed by atoms with E-state index in [1.165, 1.54) is 13.2 Å². The monoisotopic (exact) mass is 329 g/mol. The first-order valence-electron chi connectivity index (χ1n) is 7.55. The number of guanidine groups is 1. The van der Waals surface area contributed by atoms with E-state index in [1.54, 1.807) is 19.2 Å². The van der Waals surface area contributed by atoms with Crippen LogP contribution in [0.2, 0.25) is 0 Å². The van der Waals surface area contributed by atoms with E-state index in [9.17, 15) is 8.78 Å². The highest BCUT2D eigenvalue weighted by Gasteiger charge is 2.12. The predicted molar refractivity (Wildman–Crippen MR) is 87.4 cm³/mol. The van der Waals surface area contributed by atoms with Gasteiger partial charge in [0.1, 0.15) is 11.5 Å². The number of ether oxygens (including phenoxy) is 2. The number of aliphatic imine (C=N–C) groups is 1. The molecule has 0 aliphatic rings. The number of nitrogens with one attached hydrogen (secondary N) is 1. The van der Waals surface area contributed by atoms with Gasteiger partial charge in [-0.15, -0.1) is 0 Å². The molecule has 0 amide bonds. The van der Waals surface area contributed by atoms with Gasteiger partial charge in [0.05, 0.1) is 7.11 Å². The summed E-state index contributed by atoms with van der Waals surface area (Å²) < 4.78 is 34.7. The summed E-state index contributed by atoms with van der Waals surface area (Å²) in [6.45, 7) is 0.441. The third-order valence-corrected chi connectivity index (χ3v) is 3.35. The minimum absolute atomic E-state index is 0.0958. The topological polar surface area (TPSA) is 46.1 Å². The normalized spacial score (nSPS) is 11.5. The van der Waals surface area contributed by atoms with E-state index in [0.29, 0.717) is 23.8 Å². The van der Waals surface area contributed by atoms with Gasteiger partial charge in [0.2, 0.25) is 0 Å². The molecule has 0 unspecified atom stereocenters. The van der Waals surface area contributed by atoms with Gasteiger partial charge in [0.25, 0.3) is 0 Å². The summed E-state index contributed by atoms with van der Waals surface area (Å²) in [7, 11) is 5.11. The van der Waals surface area contributed by atoms with Crippen molar-refractivity contribution >= 4 is 5.96 Å². The van der Waals surface area contributed by atoms with Crippen molar-refractivity contribution in [2.24, 2.45) is 4.99 Å². The highest BCUT2D eigenvalue weighted by molar-refractivity contribution is 5.79. The quantitative estimate of drug-likeness (QED) is 0.588. The highest BCUT2D eigenvalue weighted by atomic mass is 19.3. The van der Waals surface area contributed by atoms with Crippen molar-refractivity contribution in [1.82, 2.24) is 10.2 Å². The Bertz CT molecular complexity index is 510. The van der Waals surface area contributed by atoms with Crippen molar-refractivity contribution in [2.75, 3.05) is 27.7 Å². The number of unbranched alkanes of at least 4 members (excludes halogenated alkanes) is 1. The molecular weight excluding hydrogens is 304 g/mol. The summed E-state index contributed by atoms with van der Waals surface area (Å²) in [6, 6.07) is 4.86. The van der Waals surface area contributed by atoms with Gasteiger partial charge in [-0.1, -0.05) is 13.3 Å². The van der Waals surface area contributed by atoms with E-state index in [1.807, 2.05) is 11.9 Å². The fourth-order valence-corrected chi connectivity index (χ4v) is 2.07. The number of hydrogen-bond acceptors (Lipinski definition) is 3. The average molecular weight is 329 g/mol. The van der Waals surface area contributed by atoms with Gasteiger partial charge in [-0.25, -0.2) is 0 Å². The largest absolute Gasteiger partial charge is 0.497 e. The Morgan fingerprint density at radius 1 is 1.39 bits per heavy atom. The fourth-order valence-electron chi connectivity index (χ4n) is 2.07. The van der Waals surface area contributed by atoms with Crippen molar-refractivity contribution in [3.05, 3.63) is 23.8 Å². The zero-order valence-electron chi connectivity index (χ0n) is 14.1. The molecule has 5 nitrogen and oxygen atoms in total. The maximum atomic E-state index is 12.6. The van der Waals surface area contributed by atoms with Crippen molar-refractivity contribution in [3.63, 3.8) is 0 Å². The lowest BCUT2D eigenvalue weighted by molar-refractivity contribution is -0.0505. The van der Waals surface area contributed by atoms with E-state index in [-0.39, 0.29) is 5.75 Å². The molecular formula is C16H25F2N3O2. The second kappa shape index (κ2) is 9.86. The van der Waals surface area contributed by atoms with Crippen LogP contribution in [0.25, 0.3) is 0 Å². The fraction of sp³-hybridized carbons (Fsp3) is 0.562. The molecule has 23 heavy (non-hydrogen) atoms. The Hall–Kier alpha value is -2.05. The first-order valence-corrected chi connectivity index (χ1v) is 7.55. The van der Waals surface area contributed by atoms with Crippen LogP contribution in [-0.2, 0) is 6.54 Å². The molecule has 7 heteroatoms. The van der Waals surface area contributed by atoms with Gasteiger partial charge in [-0.2, -0.15) is 8.78 Å². The van der Waals surface area contributed by atoms with Gasteiger partial charge >= 0.3 is 6.61 Å². The van der Waals surface area contributed by atoms with Crippen LogP contribution in [0.4, 0.5) is 8.78 Å². The maximum absolute atomic E-state index is 12.6. The smallest absolute Gasteiger partial charge is 0.387 e. The molecule has 0 radical (unpaired) electrons. The highest BCUT2D eigenvalue weighted by Crippen LogP contribution is 2.26. The predicted octanol–water partition coefficient (Wildman–Crippen LogP) is 3.10. The lowest BCUT2D eigenvalue weighted by atomic mass is 10.2. The summed E-state index contributed by atoms with van der Waals surface area (Å²) in [4.78, 5) is 6.20. The molecule has 0 saturated carbocycles. The lowest BCUT2D eigenvalue weighted by Crippen LogP contribution is -2.39. The van der Waals surface area contributed by atoms with Crippen LogP contribution in [-0.4, -0.2) is 45.2 Å². The van der Waals surface area contributed by atoms with Crippen LogP contribution >= 0.6 is 0 Å². The second-order valence-electron chi connectivity index (χ2n) is 5.03. The lowest BCUT2D eigenvalue weighted by Gasteiger charge is -2.22. The Balaban J connectivity index is 2.78. The minimum Gasteiger partial charge on any atom is -0.497 e. The second-order valence-corrected chi connectivity index (χ2v) is 5.03. The zero-order valence-corrected chi connectivity index (χ0v) is 14.1. The third-order valence-electron chi connectivity index (χ3n) is 3.35. The molecule has 0 saturated heterocycles. The number of halogens is 2. The van der Waals surface area contributed by atoms with E-state index < -0.39 is 6.61 Å². The minimum atomic E-state index is -2.88. The zero-order chi connectivity index (χ0) is 17.2. The van der Waals surface area contributed by atoms with E-state index in [4.69, 9.17) is 4.74 Å². The number of rotatable bonds is 8. The number of benzene rings is 1. The van der Waals surface area contributed by atoms with Crippen molar-refractivity contribution < 1.29 is 18.3 Å². The van der Waals surface area contributed by atoms with Crippen LogP contribution in [0, 0.1) is 0 Å². The number of hydrogen-bond donors (Lipinski definition) is 1. The van der Waals surface area contributed by atoms with Crippen LogP contribution in [0.1, 0.15) is 25.3 Å². The summed E-state index contributed by atoms with van der Waals surface area (Å²) in [5.74, 6) is 1.27. The van der Waals surface area contributed by atoms with Crippen molar-refractivity contribution in [3.8, 4) is 11.5 Å². The molecule has 0 aliphatic carbocycles. The van der Waals surface area contributed by atoms with Gasteiger partial charge in [0.15, 0.2) is 5.96 Å². The Morgan fingerprint density at radius 3 is 2.70 bits per heavy atom. The van der Waals surface area contributed by atoms with Crippen molar-refractivity contribution in [1.29, 1.82) is 0 Å². The molecule has 0 heterocycles. The molecule has 1 rings (SSSR count). The SMILES string of the molecule is CCCCN(C)C(=NC)NCc1ccc(OC)cc1OC(F)F. The van der Waals surface area contributed by atoms with E-state index in [2.05, 4.69) is 22.0 Å². The molecule has 1 aromatic rings. The van der Waals surface area contributed by atoms with E-state index >= 15 is 0 Å². The first kappa shape index (κ1) is 19.0. The molecule has 0 bridgehead atoms. The van der Waals surface area contributed by atoms with Gasteiger partial charge in [-0.3, -0.25) is 4.99 Å². The summed E-state index contributed by atoms with van der Waals surface area (Å²) in [5.41, 5.74) is 0.608. The Kier molecular flexibility index (Phi) is 8.15.